The maximum absolute atomic E-state index is 5.84. The smallest absolute Gasteiger partial charge is 0.239 e. The van der Waals surface area contributed by atoms with Gasteiger partial charge in [-0.2, -0.15) is 0 Å². The number of benzene rings is 1. The Morgan fingerprint density at radius 3 is 2.80 bits per heavy atom. The van der Waals surface area contributed by atoms with Gasteiger partial charge in [-0.1, -0.05) is 32.9 Å². The standard InChI is InChI=1S/C17H16N6OS/c1-17(2,3)13-10-25-16(18-13)11-5-4-6-12(9-11)24-15-8-7-14-19-21-22-23(14)20-15/h4-10H,1-3H3. The number of ether oxygens (including phenoxy) is 1. The van der Waals surface area contributed by atoms with Crippen LogP contribution >= 0.6 is 11.3 Å². The zero-order valence-corrected chi connectivity index (χ0v) is 14.9. The summed E-state index contributed by atoms with van der Waals surface area (Å²) in [5.41, 5.74) is 2.71. The fraction of sp³-hybridized carbons (Fsp3) is 0.235. The predicted octanol–water partition coefficient (Wildman–Crippen LogP) is 3.73. The van der Waals surface area contributed by atoms with E-state index in [2.05, 4.69) is 46.8 Å². The van der Waals surface area contributed by atoms with Crippen molar-refractivity contribution in [2.45, 2.75) is 26.2 Å². The molecule has 4 rings (SSSR count). The molecule has 0 aliphatic carbocycles. The minimum atomic E-state index is 0.0357. The number of fused-ring (bicyclic) bond motifs is 1. The van der Waals surface area contributed by atoms with Crippen molar-refractivity contribution in [2.24, 2.45) is 0 Å². The van der Waals surface area contributed by atoms with Crippen LogP contribution in [0.3, 0.4) is 0 Å². The van der Waals surface area contributed by atoms with Crippen LogP contribution in [0.5, 0.6) is 11.6 Å². The molecule has 7 nitrogen and oxygen atoms in total. The first-order valence-corrected chi connectivity index (χ1v) is 8.67. The largest absolute Gasteiger partial charge is 0.437 e. The fourth-order valence-electron chi connectivity index (χ4n) is 2.25. The second-order valence-corrected chi connectivity index (χ2v) is 7.47. The van der Waals surface area contributed by atoms with E-state index < -0.39 is 0 Å². The molecule has 0 amide bonds. The lowest BCUT2D eigenvalue weighted by molar-refractivity contribution is 0.447. The van der Waals surface area contributed by atoms with Gasteiger partial charge in [-0.05, 0) is 28.6 Å². The lowest BCUT2D eigenvalue weighted by Gasteiger charge is -2.14. The van der Waals surface area contributed by atoms with Crippen molar-refractivity contribution in [3.8, 4) is 22.2 Å². The highest BCUT2D eigenvalue weighted by Gasteiger charge is 2.18. The zero-order valence-electron chi connectivity index (χ0n) is 14.0. The Morgan fingerprint density at radius 2 is 2.00 bits per heavy atom. The minimum absolute atomic E-state index is 0.0357. The molecule has 0 aliphatic heterocycles. The molecule has 4 aromatic rings. The van der Waals surface area contributed by atoms with Crippen LogP contribution in [0.25, 0.3) is 16.2 Å². The SMILES string of the molecule is CC(C)(C)c1csc(-c2cccc(Oc3ccc4nnnn4n3)c2)n1. The topological polar surface area (TPSA) is 78.1 Å². The molecule has 0 saturated carbocycles. The Bertz CT molecular complexity index is 1030. The summed E-state index contributed by atoms with van der Waals surface area (Å²) in [6.45, 7) is 6.48. The van der Waals surface area contributed by atoms with Crippen LogP contribution in [0.4, 0.5) is 0 Å². The summed E-state index contributed by atoms with van der Waals surface area (Å²) < 4.78 is 7.17. The molecule has 0 radical (unpaired) electrons. The van der Waals surface area contributed by atoms with Crippen molar-refractivity contribution in [2.75, 3.05) is 0 Å². The van der Waals surface area contributed by atoms with Gasteiger partial charge in [-0.25, -0.2) is 4.98 Å². The van der Waals surface area contributed by atoms with Gasteiger partial charge in [0.15, 0.2) is 5.65 Å². The minimum Gasteiger partial charge on any atom is -0.437 e. The number of thiazole rings is 1. The maximum atomic E-state index is 5.84. The zero-order chi connectivity index (χ0) is 17.4. The Morgan fingerprint density at radius 1 is 1.12 bits per heavy atom. The molecule has 0 fully saturated rings. The summed E-state index contributed by atoms with van der Waals surface area (Å²) in [5, 5.41) is 18.4. The van der Waals surface area contributed by atoms with Crippen molar-refractivity contribution in [3.63, 3.8) is 0 Å². The number of hydrogen-bond donors (Lipinski definition) is 0. The average molecular weight is 352 g/mol. The van der Waals surface area contributed by atoms with Gasteiger partial charge < -0.3 is 4.74 Å². The highest BCUT2D eigenvalue weighted by molar-refractivity contribution is 7.13. The molecule has 25 heavy (non-hydrogen) atoms. The van der Waals surface area contributed by atoms with Crippen LogP contribution in [0.1, 0.15) is 26.5 Å². The van der Waals surface area contributed by atoms with Crippen molar-refractivity contribution in [3.05, 3.63) is 47.5 Å². The molecule has 1 aromatic carbocycles. The Balaban J connectivity index is 1.61. The third kappa shape index (κ3) is 3.20. The highest BCUT2D eigenvalue weighted by Crippen LogP contribution is 2.32. The van der Waals surface area contributed by atoms with Crippen LogP contribution in [0.2, 0.25) is 0 Å². The molecule has 126 valence electrons. The molecule has 0 atom stereocenters. The molecule has 0 N–H and O–H groups in total. The van der Waals surface area contributed by atoms with E-state index in [1.165, 1.54) is 4.63 Å². The summed E-state index contributed by atoms with van der Waals surface area (Å²) in [5.74, 6) is 1.11. The fourth-order valence-corrected chi connectivity index (χ4v) is 3.30. The van der Waals surface area contributed by atoms with Crippen LogP contribution in [0, 0.1) is 0 Å². The summed E-state index contributed by atoms with van der Waals surface area (Å²) in [6, 6.07) is 11.3. The van der Waals surface area contributed by atoms with E-state index in [-0.39, 0.29) is 5.41 Å². The third-order valence-electron chi connectivity index (χ3n) is 3.62. The van der Waals surface area contributed by atoms with E-state index >= 15 is 0 Å². The van der Waals surface area contributed by atoms with Gasteiger partial charge >= 0.3 is 0 Å². The maximum Gasteiger partial charge on any atom is 0.239 e. The summed E-state index contributed by atoms with van der Waals surface area (Å²) in [4.78, 5) is 4.75. The third-order valence-corrected chi connectivity index (χ3v) is 4.51. The van der Waals surface area contributed by atoms with Gasteiger partial charge in [0.05, 0.1) is 5.69 Å². The van der Waals surface area contributed by atoms with Crippen molar-refractivity contribution >= 4 is 17.0 Å². The van der Waals surface area contributed by atoms with Gasteiger partial charge in [0.25, 0.3) is 0 Å². The van der Waals surface area contributed by atoms with Crippen LogP contribution in [-0.4, -0.2) is 30.2 Å². The first-order chi connectivity index (χ1) is 12.0. The van der Waals surface area contributed by atoms with Crippen LogP contribution in [0.15, 0.2) is 41.8 Å². The second-order valence-electron chi connectivity index (χ2n) is 6.62. The van der Waals surface area contributed by atoms with Crippen LogP contribution in [-0.2, 0) is 5.41 Å². The molecule has 0 bridgehead atoms. The van der Waals surface area contributed by atoms with Gasteiger partial charge in [0.1, 0.15) is 10.8 Å². The van der Waals surface area contributed by atoms with E-state index in [0.717, 1.165) is 16.3 Å². The quantitative estimate of drug-likeness (QED) is 0.559. The van der Waals surface area contributed by atoms with E-state index in [4.69, 9.17) is 9.72 Å². The summed E-state index contributed by atoms with van der Waals surface area (Å²) in [6.07, 6.45) is 0. The van der Waals surface area contributed by atoms with Gasteiger partial charge in [-0.15, -0.1) is 26.2 Å². The normalized spacial score (nSPS) is 11.8. The van der Waals surface area contributed by atoms with Gasteiger partial charge in [-0.3, -0.25) is 0 Å². The first-order valence-electron chi connectivity index (χ1n) is 7.79. The van der Waals surface area contributed by atoms with Crippen molar-refractivity contribution < 1.29 is 4.74 Å². The number of nitrogens with zero attached hydrogens (tertiary/aromatic N) is 6. The Kier molecular flexibility index (Phi) is 3.69. The molecule has 8 heteroatoms. The summed E-state index contributed by atoms with van der Waals surface area (Å²) in [7, 11) is 0. The highest BCUT2D eigenvalue weighted by atomic mass is 32.1. The molecule has 3 aromatic heterocycles. The molecule has 0 spiro atoms. The lowest BCUT2D eigenvalue weighted by atomic mass is 9.93. The Labute approximate surface area is 148 Å². The predicted molar refractivity (Wildman–Crippen MR) is 94.9 cm³/mol. The molecule has 0 unspecified atom stereocenters. The molecule has 3 heterocycles. The Hall–Kier alpha value is -2.87. The van der Waals surface area contributed by atoms with Crippen LogP contribution < -0.4 is 4.74 Å². The van der Waals surface area contributed by atoms with Crippen molar-refractivity contribution in [1.29, 1.82) is 0 Å². The lowest BCUT2D eigenvalue weighted by Crippen LogP contribution is -2.11. The van der Waals surface area contributed by atoms with Gasteiger partial charge in [0.2, 0.25) is 5.88 Å². The number of rotatable bonds is 3. The molecule has 0 saturated heterocycles. The molecular weight excluding hydrogens is 336 g/mol. The number of aromatic nitrogens is 6. The van der Waals surface area contributed by atoms with E-state index in [0.29, 0.717) is 17.3 Å². The second kappa shape index (κ2) is 5.89. The number of tetrazole rings is 1. The van der Waals surface area contributed by atoms with Gasteiger partial charge in [0, 0.05) is 22.4 Å². The van der Waals surface area contributed by atoms with Crippen molar-refractivity contribution in [1.82, 2.24) is 30.2 Å². The molecule has 0 aliphatic rings. The summed E-state index contributed by atoms with van der Waals surface area (Å²) >= 11 is 1.63. The number of hydrogen-bond acceptors (Lipinski definition) is 7. The first kappa shape index (κ1) is 15.6. The average Bonchev–Trinajstić information content (AvgIpc) is 3.24. The monoisotopic (exact) mass is 352 g/mol. The molecular formula is C17H16N6OS. The van der Waals surface area contributed by atoms with E-state index in [9.17, 15) is 0 Å². The van der Waals surface area contributed by atoms with E-state index in [1.807, 2.05) is 24.3 Å². The van der Waals surface area contributed by atoms with E-state index in [1.54, 1.807) is 23.5 Å².